The molecule has 2 amide bonds. The number of amides is 2. The third kappa shape index (κ3) is 5.44. The molecule has 0 radical (unpaired) electrons. The fourth-order valence-electron chi connectivity index (χ4n) is 1.15. The summed E-state index contributed by atoms with van der Waals surface area (Å²) in [7, 11) is 0. The summed E-state index contributed by atoms with van der Waals surface area (Å²) < 4.78 is 6.67. The van der Waals surface area contributed by atoms with Crippen LogP contribution < -0.4 is 11.1 Å². The maximum Gasteiger partial charge on any atom is 0.250 e. The summed E-state index contributed by atoms with van der Waals surface area (Å²) in [6.07, 6.45) is 2.97. The predicted molar refractivity (Wildman–Crippen MR) is 65.8 cm³/mol. The molecule has 0 atom stereocenters. The average Bonchev–Trinajstić information content (AvgIpc) is 2.60. The Balaban J connectivity index is 2.45. The van der Waals surface area contributed by atoms with Gasteiger partial charge >= 0.3 is 0 Å². The van der Waals surface area contributed by atoms with Crippen molar-refractivity contribution in [1.82, 2.24) is 9.78 Å². The number of rotatable bonds is 5. The van der Waals surface area contributed by atoms with Gasteiger partial charge < -0.3 is 15.8 Å². The van der Waals surface area contributed by atoms with Crippen LogP contribution in [-0.2, 0) is 20.9 Å². The minimum Gasteiger partial charge on any atom is -0.368 e. The van der Waals surface area contributed by atoms with Crippen molar-refractivity contribution in [2.24, 2.45) is 5.73 Å². The summed E-state index contributed by atoms with van der Waals surface area (Å²) in [5, 5.41) is 6.49. The first-order valence-electron chi connectivity index (χ1n) is 5.51. The zero-order valence-corrected chi connectivity index (χ0v) is 10.8. The number of carbonyl (C=O) groups is 2. The largest absolute Gasteiger partial charge is 0.368 e. The van der Waals surface area contributed by atoms with Crippen molar-refractivity contribution in [3.05, 3.63) is 12.4 Å². The van der Waals surface area contributed by atoms with Crippen LogP contribution in [0.4, 0.5) is 5.69 Å². The molecule has 0 bridgehead atoms. The van der Waals surface area contributed by atoms with E-state index in [1.807, 2.05) is 20.8 Å². The van der Waals surface area contributed by atoms with Gasteiger partial charge in [-0.05, 0) is 20.8 Å². The molecule has 1 aromatic heterocycles. The quantitative estimate of drug-likeness (QED) is 0.779. The van der Waals surface area contributed by atoms with Gasteiger partial charge in [0.25, 0.3) is 0 Å². The van der Waals surface area contributed by atoms with E-state index in [1.54, 1.807) is 0 Å². The van der Waals surface area contributed by atoms with Crippen molar-refractivity contribution in [3.63, 3.8) is 0 Å². The van der Waals surface area contributed by atoms with Crippen molar-refractivity contribution >= 4 is 17.5 Å². The smallest absolute Gasteiger partial charge is 0.250 e. The molecule has 1 aromatic rings. The molecule has 0 aliphatic rings. The van der Waals surface area contributed by atoms with Crippen LogP contribution in [0.1, 0.15) is 20.8 Å². The molecule has 0 unspecified atom stereocenters. The fraction of sp³-hybridized carbons (Fsp3) is 0.545. The molecule has 0 saturated carbocycles. The van der Waals surface area contributed by atoms with Crippen LogP contribution in [0.3, 0.4) is 0 Å². The van der Waals surface area contributed by atoms with Crippen LogP contribution in [0.5, 0.6) is 0 Å². The van der Waals surface area contributed by atoms with E-state index in [9.17, 15) is 9.59 Å². The monoisotopic (exact) mass is 254 g/mol. The van der Waals surface area contributed by atoms with Gasteiger partial charge in [-0.15, -0.1) is 0 Å². The van der Waals surface area contributed by atoms with Crippen LogP contribution >= 0.6 is 0 Å². The summed E-state index contributed by atoms with van der Waals surface area (Å²) >= 11 is 0. The molecule has 7 heteroatoms. The lowest BCUT2D eigenvalue weighted by molar-refractivity contribution is -0.125. The molecule has 7 nitrogen and oxygen atoms in total. The number of nitrogens with two attached hydrogens (primary N) is 1. The van der Waals surface area contributed by atoms with Gasteiger partial charge in [-0.2, -0.15) is 5.10 Å². The van der Waals surface area contributed by atoms with Crippen LogP contribution in [0, 0.1) is 0 Å². The molecule has 1 heterocycles. The standard InChI is InChI=1S/C11H18N4O3/c1-11(2,3)18-7-10(17)14-8-4-13-15(5-8)6-9(12)16/h4-5H,6-7H2,1-3H3,(H2,12,16)(H,14,17). The molecule has 0 saturated heterocycles. The summed E-state index contributed by atoms with van der Waals surface area (Å²) in [5.41, 5.74) is 5.15. The van der Waals surface area contributed by atoms with Gasteiger partial charge in [0.1, 0.15) is 13.2 Å². The van der Waals surface area contributed by atoms with E-state index in [2.05, 4.69) is 10.4 Å². The summed E-state index contributed by atoms with van der Waals surface area (Å²) in [6.45, 7) is 5.54. The van der Waals surface area contributed by atoms with Gasteiger partial charge in [0, 0.05) is 6.20 Å². The van der Waals surface area contributed by atoms with Crippen LogP contribution in [0.2, 0.25) is 0 Å². The number of hydrogen-bond acceptors (Lipinski definition) is 4. The van der Waals surface area contributed by atoms with Crippen molar-refractivity contribution in [1.29, 1.82) is 0 Å². The zero-order valence-electron chi connectivity index (χ0n) is 10.8. The highest BCUT2D eigenvalue weighted by Gasteiger charge is 2.13. The highest BCUT2D eigenvalue weighted by Crippen LogP contribution is 2.08. The number of nitrogens with zero attached hydrogens (tertiary/aromatic N) is 2. The highest BCUT2D eigenvalue weighted by molar-refractivity contribution is 5.91. The first-order valence-corrected chi connectivity index (χ1v) is 5.51. The number of anilines is 1. The Hall–Kier alpha value is -1.89. The minimum absolute atomic E-state index is 0.0195. The van der Waals surface area contributed by atoms with E-state index in [0.29, 0.717) is 5.69 Å². The summed E-state index contributed by atoms with van der Waals surface area (Å²) in [6, 6.07) is 0. The highest BCUT2D eigenvalue weighted by atomic mass is 16.5. The molecule has 0 aliphatic heterocycles. The third-order valence-corrected chi connectivity index (χ3v) is 1.87. The minimum atomic E-state index is -0.493. The second-order valence-electron chi connectivity index (χ2n) is 4.84. The first-order chi connectivity index (χ1) is 8.26. The van der Waals surface area contributed by atoms with E-state index in [4.69, 9.17) is 10.5 Å². The number of ether oxygens (including phenoxy) is 1. The number of nitrogens with one attached hydrogen (secondary N) is 1. The molecule has 0 aromatic carbocycles. The second-order valence-corrected chi connectivity index (χ2v) is 4.84. The Morgan fingerprint density at radius 1 is 1.50 bits per heavy atom. The normalized spacial score (nSPS) is 11.3. The molecule has 0 fully saturated rings. The van der Waals surface area contributed by atoms with Crippen molar-refractivity contribution < 1.29 is 14.3 Å². The Morgan fingerprint density at radius 3 is 2.72 bits per heavy atom. The lowest BCUT2D eigenvalue weighted by atomic mass is 10.2. The van der Waals surface area contributed by atoms with E-state index in [1.165, 1.54) is 17.1 Å². The van der Waals surface area contributed by atoms with Gasteiger partial charge in [-0.1, -0.05) is 0 Å². The maximum absolute atomic E-state index is 11.5. The molecule has 0 aliphatic carbocycles. The fourth-order valence-corrected chi connectivity index (χ4v) is 1.15. The van der Waals surface area contributed by atoms with Gasteiger partial charge in [0.05, 0.1) is 17.5 Å². The molecule has 3 N–H and O–H groups in total. The lowest BCUT2D eigenvalue weighted by Gasteiger charge is -2.18. The maximum atomic E-state index is 11.5. The number of primary amides is 1. The van der Waals surface area contributed by atoms with Gasteiger partial charge in [-0.25, -0.2) is 0 Å². The number of hydrogen-bond donors (Lipinski definition) is 2. The lowest BCUT2D eigenvalue weighted by Crippen LogP contribution is -2.27. The van der Waals surface area contributed by atoms with Crippen LogP contribution in [0.15, 0.2) is 12.4 Å². The second kappa shape index (κ2) is 5.63. The van der Waals surface area contributed by atoms with Crippen LogP contribution in [-0.4, -0.2) is 33.8 Å². The molecule has 0 spiro atoms. The van der Waals surface area contributed by atoms with Gasteiger partial charge in [-0.3, -0.25) is 14.3 Å². The van der Waals surface area contributed by atoms with E-state index >= 15 is 0 Å². The predicted octanol–water partition coefficient (Wildman–Crippen LogP) is 0.122. The van der Waals surface area contributed by atoms with E-state index in [0.717, 1.165) is 0 Å². The Labute approximate surface area is 105 Å². The molecular weight excluding hydrogens is 236 g/mol. The SMILES string of the molecule is CC(C)(C)OCC(=O)Nc1cnn(CC(N)=O)c1. The van der Waals surface area contributed by atoms with E-state index in [-0.39, 0.29) is 24.7 Å². The number of carbonyl (C=O) groups excluding carboxylic acids is 2. The Morgan fingerprint density at radius 2 is 2.17 bits per heavy atom. The van der Waals surface area contributed by atoms with E-state index < -0.39 is 5.91 Å². The first kappa shape index (κ1) is 14.2. The van der Waals surface area contributed by atoms with Gasteiger partial charge in [0.15, 0.2) is 0 Å². The summed E-state index contributed by atoms with van der Waals surface area (Å²) in [5.74, 6) is -0.768. The summed E-state index contributed by atoms with van der Waals surface area (Å²) in [4.78, 5) is 22.2. The van der Waals surface area contributed by atoms with Crippen molar-refractivity contribution in [3.8, 4) is 0 Å². The van der Waals surface area contributed by atoms with Crippen molar-refractivity contribution in [2.75, 3.05) is 11.9 Å². The average molecular weight is 254 g/mol. The Kier molecular flexibility index (Phi) is 4.43. The molecule has 18 heavy (non-hydrogen) atoms. The molecular formula is C11H18N4O3. The molecule has 100 valence electrons. The number of aromatic nitrogens is 2. The topological polar surface area (TPSA) is 99.2 Å². The molecule has 1 rings (SSSR count). The zero-order chi connectivity index (χ0) is 13.8. The van der Waals surface area contributed by atoms with Gasteiger partial charge in [0.2, 0.25) is 11.8 Å². The van der Waals surface area contributed by atoms with Crippen molar-refractivity contribution in [2.45, 2.75) is 32.9 Å². The van der Waals surface area contributed by atoms with Crippen LogP contribution in [0.25, 0.3) is 0 Å². The third-order valence-electron chi connectivity index (χ3n) is 1.87. The Bertz CT molecular complexity index is 434.